The zero-order chi connectivity index (χ0) is 12.4. The minimum atomic E-state index is 0.679. The van der Waals surface area contributed by atoms with Gasteiger partial charge in [0, 0.05) is 28.9 Å². The largest absolute Gasteiger partial charge is 0.326 e. The molecule has 1 aliphatic rings. The number of hydrogen-bond donors (Lipinski definition) is 1. The van der Waals surface area contributed by atoms with Crippen LogP contribution in [0.25, 0.3) is 0 Å². The molecule has 1 saturated heterocycles. The van der Waals surface area contributed by atoms with Gasteiger partial charge < -0.3 is 5.73 Å². The number of thiophene rings is 1. The molecule has 17 heavy (non-hydrogen) atoms. The molecule has 96 valence electrons. The number of aryl methyl sites for hydroxylation is 1. The number of nitrogens with two attached hydrogens (primary N) is 1. The van der Waals surface area contributed by atoms with E-state index in [9.17, 15) is 0 Å². The van der Waals surface area contributed by atoms with Crippen LogP contribution in [0.15, 0.2) is 6.07 Å². The highest BCUT2D eigenvalue weighted by atomic mass is 32.1. The average Bonchev–Trinajstić information content (AvgIpc) is 2.64. The van der Waals surface area contributed by atoms with Gasteiger partial charge in [0.05, 0.1) is 0 Å². The molecule has 1 aromatic rings. The van der Waals surface area contributed by atoms with Gasteiger partial charge in [-0.05, 0) is 50.8 Å². The smallest absolute Gasteiger partial charge is 0.0274 e. The lowest BCUT2D eigenvalue weighted by atomic mass is 9.93. The van der Waals surface area contributed by atoms with Crippen molar-refractivity contribution >= 4 is 11.3 Å². The third-order valence-corrected chi connectivity index (χ3v) is 5.04. The van der Waals surface area contributed by atoms with Crippen LogP contribution in [-0.2, 0) is 13.1 Å². The van der Waals surface area contributed by atoms with Crippen molar-refractivity contribution in [3.63, 3.8) is 0 Å². The predicted molar refractivity (Wildman–Crippen MR) is 75.2 cm³/mol. The Morgan fingerprint density at radius 3 is 2.82 bits per heavy atom. The third kappa shape index (κ3) is 3.09. The highest BCUT2D eigenvalue weighted by Gasteiger charge is 2.23. The monoisotopic (exact) mass is 252 g/mol. The van der Waals surface area contributed by atoms with E-state index in [0.717, 1.165) is 18.5 Å². The van der Waals surface area contributed by atoms with Crippen LogP contribution in [0.2, 0.25) is 0 Å². The fourth-order valence-corrected chi connectivity index (χ4v) is 3.69. The van der Waals surface area contributed by atoms with Gasteiger partial charge in [0.2, 0.25) is 0 Å². The van der Waals surface area contributed by atoms with E-state index in [1.54, 1.807) is 0 Å². The summed E-state index contributed by atoms with van der Waals surface area (Å²) >= 11 is 1.85. The van der Waals surface area contributed by atoms with Gasteiger partial charge >= 0.3 is 0 Å². The van der Waals surface area contributed by atoms with E-state index in [0.29, 0.717) is 6.54 Å². The van der Waals surface area contributed by atoms with Crippen molar-refractivity contribution in [1.82, 2.24) is 4.90 Å². The molecule has 2 atom stereocenters. The zero-order valence-corrected chi connectivity index (χ0v) is 12.0. The molecule has 1 aliphatic heterocycles. The number of hydrogen-bond acceptors (Lipinski definition) is 3. The fraction of sp³-hybridized carbons (Fsp3) is 0.714. The third-order valence-electron chi connectivity index (χ3n) is 3.92. The molecule has 1 fully saturated rings. The van der Waals surface area contributed by atoms with Gasteiger partial charge in [-0.25, -0.2) is 0 Å². The Morgan fingerprint density at radius 1 is 1.47 bits per heavy atom. The summed E-state index contributed by atoms with van der Waals surface area (Å²) in [7, 11) is 0. The van der Waals surface area contributed by atoms with Gasteiger partial charge in [-0.15, -0.1) is 11.3 Å². The molecule has 2 N–H and O–H groups in total. The summed E-state index contributed by atoms with van der Waals surface area (Å²) in [5, 5.41) is 0. The lowest BCUT2D eigenvalue weighted by molar-refractivity contribution is 0.122. The molecule has 0 spiro atoms. The molecule has 2 nitrogen and oxygen atoms in total. The lowest BCUT2D eigenvalue weighted by Crippen LogP contribution is -2.39. The molecule has 2 heterocycles. The van der Waals surface area contributed by atoms with Gasteiger partial charge in [0.15, 0.2) is 0 Å². The van der Waals surface area contributed by atoms with Crippen molar-refractivity contribution in [2.24, 2.45) is 11.7 Å². The predicted octanol–water partition coefficient (Wildman–Crippen LogP) is 3.14. The Morgan fingerprint density at radius 2 is 2.24 bits per heavy atom. The first-order valence-corrected chi connectivity index (χ1v) is 7.44. The molecule has 0 aromatic carbocycles. The van der Waals surface area contributed by atoms with Gasteiger partial charge in [0.25, 0.3) is 0 Å². The van der Waals surface area contributed by atoms with Crippen LogP contribution in [0.5, 0.6) is 0 Å². The van der Waals surface area contributed by atoms with Gasteiger partial charge in [-0.3, -0.25) is 4.90 Å². The summed E-state index contributed by atoms with van der Waals surface area (Å²) in [6.07, 6.45) is 2.68. The summed E-state index contributed by atoms with van der Waals surface area (Å²) < 4.78 is 0. The SMILES string of the molecule is Cc1sc(CN)cc1CN1CCC(C)CC1C. The van der Waals surface area contributed by atoms with E-state index in [2.05, 4.69) is 31.7 Å². The van der Waals surface area contributed by atoms with Crippen LogP contribution in [0.1, 0.15) is 42.0 Å². The second-order valence-electron chi connectivity index (χ2n) is 5.45. The molecule has 2 unspecified atom stereocenters. The Labute approximate surface area is 109 Å². The summed E-state index contributed by atoms with van der Waals surface area (Å²) in [5.41, 5.74) is 7.19. The summed E-state index contributed by atoms with van der Waals surface area (Å²) in [4.78, 5) is 5.38. The minimum Gasteiger partial charge on any atom is -0.326 e. The van der Waals surface area contributed by atoms with Crippen molar-refractivity contribution < 1.29 is 0 Å². The van der Waals surface area contributed by atoms with Crippen LogP contribution in [0.3, 0.4) is 0 Å². The number of piperidine rings is 1. The van der Waals surface area contributed by atoms with E-state index in [1.165, 1.54) is 34.7 Å². The topological polar surface area (TPSA) is 29.3 Å². The average molecular weight is 252 g/mol. The molecule has 1 aromatic heterocycles. The lowest BCUT2D eigenvalue weighted by Gasteiger charge is -2.36. The number of rotatable bonds is 3. The van der Waals surface area contributed by atoms with E-state index in [1.807, 2.05) is 11.3 Å². The maximum atomic E-state index is 5.71. The second-order valence-corrected chi connectivity index (χ2v) is 6.79. The first kappa shape index (κ1) is 13.1. The van der Waals surface area contributed by atoms with E-state index in [-0.39, 0.29) is 0 Å². The second kappa shape index (κ2) is 5.51. The maximum Gasteiger partial charge on any atom is 0.0274 e. The van der Waals surface area contributed by atoms with E-state index >= 15 is 0 Å². The highest BCUT2D eigenvalue weighted by molar-refractivity contribution is 7.12. The Hall–Kier alpha value is -0.380. The zero-order valence-electron chi connectivity index (χ0n) is 11.2. The standard InChI is InChI=1S/C14H24N2S/c1-10-4-5-16(11(2)6-10)9-13-7-14(8-15)17-12(13)3/h7,10-11H,4-6,8-9,15H2,1-3H3. The van der Waals surface area contributed by atoms with Crippen molar-refractivity contribution in [2.75, 3.05) is 6.54 Å². The Balaban J connectivity index is 2.02. The summed E-state index contributed by atoms with van der Waals surface area (Å²) in [6.45, 7) is 9.98. The Bertz CT molecular complexity index is 372. The molecule has 0 radical (unpaired) electrons. The molecule has 2 rings (SSSR count). The fourth-order valence-electron chi connectivity index (χ4n) is 2.75. The van der Waals surface area contributed by atoms with Crippen molar-refractivity contribution in [1.29, 1.82) is 0 Å². The van der Waals surface area contributed by atoms with Crippen molar-refractivity contribution in [3.8, 4) is 0 Å². The first-order valence-electron chi connectivity index (χ1n) is 6.62. The molecule has 0 bridgehead atoms. The van der Waals surface area contributed by atoms with Crippen molar-refractivity contribution in [3.05, 3.63) is 21.4 Å². The van der Waals surface area contributed by atoms with Crippen LogP contribution in [0, 0.1) is 12.8 Å². The van der Waals surface area contributed by atoms with Gasteiger partial charge in [-0.2, -0.15) is 0 Å². The first-order chi connectivity index (χ1) is 8.10. The minimum absolute atomic E-state index is 0.679. The van der Waals surface area contributed by atoms with Crippen LogP contribution >= 0.6 is 11.3 Å². The summed E-state index contributed by atoms with van der Waals surface area (Å²) in [5.74, 6) is 0.893. The van der Waals surface area contributed by atoms with E-state index < -0.39 is 0 Å². The van der Waals surface area contributed by atoms with Gasteiger partial charge in [0.1, 0.15) is 0 Å². The molecule has 0 saturated carbocycles. The van der Waals surface area contributed by atoms with Crippen LogP contribution in [-0.4, -0.2) is 17.5 Å². The highest BCUT2D eigenvalue weighted by Crippen LogP contribution is 2.27. The molecular weight excluding hydrogens is 228 g/mol. The number of nitrogens with zero attached hydrogens (tertiary/aromatic N) is 1. The molecular formula is C14H24N2S. The Kier molecular flexibility index (Phi) is 4.23. The van der Waals surface area contributed by atoms with Crippen LogP contribution in [0.4, 0.5) is 0 Å². The number of likely N-dealkylation sites (tertiary alicyclic amines) is 1. The maximum absolute atomic E-state index is 5.71. The normalized spacial score (nSPS) is 26.4. The van der Waals surface area contributed by atoms with Crippen molar-refractivity contribution in [2.45, 2.75) is 52.7 Å². The molecule has 0 amide bonds. The van der Waals surface area contributed by atoms with E-state index in [4.69, 9.17) is 5.73 Å². The van der Waals surface area contributed by atoms with Crippen LogP contribution < -0.4 is 5.73 Å². The molecule has 3 heteroatoms. The quantitative estimate of drug-likeness (QED) is 0.895. The summed E-state index contributed by atoms with van der Waals surface area (Å²) in [6, 6.07) is 3.02. The van der Waals surface area contributed by atoms with Gasteiger partial charge in [-0.1, -0.05) is 6.92 Å². The molecule has 0 aliphatic carbocycles.